The molecule has 4 N–H and O–H groups in total. The number of hydrogen-bond donors (Lipinski definition) is 3. The number of rotatable bonds is 5. The molecule has 0 aliphatic heterocycles. The summed E-state index contributed by atoms with van der Waals surface area (Å²) in [6.45, 7) is 1.29. The Morgan fingerprint density at radius 2 is 1.69 bits per heavy atom. The Morgan fingerprint density at radius 3 is 2.19 bits per heavy atom. The van der Waals surface area contributed by atoms with Gasteiger partial charge in [-0.25, -0.2) is 13.6 Å². The smallest absolute Gasteiger partial charge is 0.279 e. The first-order chi connectivity index (χ1) is 12.2. The van der Waals surface area contributed by atoms with Crippen LogP contribution >= 0.6 is 11.6 Å². The SMILES string of the molecule is C/C(O)=C(\N=Nc1ccc(Cl)cc1)C(=O)Nc1ccc(S(N)(=O)=O)cc1. The molecule has 0 radical (unpaired) electrons. The molecule has 0 unspecified atom stereocenters. The zero-order chi connectivity index (χ0) is 19.3. The zero-order valence-corrected chi connectivity index (χ0v) is 15.1. The molecule has 0 spiro atoms. The number of hydrogen-bond acceptors (Lipinski definition) is 6. The molecule has 26 heavy (non-hydrogen) atoms. The normalized spacial score (nSPS) is 12.7. The number of anilines is 1. The van der Waals surface area contributed by atoms with Crippen LogP contribution in [0.4, 0.5) is 11.4 Å². The van der Waals surface area contributed by atoms with E-state index in [4.69, 9.17) is 16.7 Å². The summed E-state index contributed by atoms with van der Waals surface area (Å²) in [7, 11) is -3.83. The molecule has 0 saturated carbocycles. The van der Waals surface area contributed by atoms with E-state index in [0.717, 1.165) is 0 Å². The lowest BCUT2D eigenvalue weighted by Gasteiger charge is -2.06. The molecule has 136 valence electrons. The topological polar surface area (TPSA) is 134 Å². The van der Waals surface area contributed by atoms with Crippen molar-refractivity contribution in [1.29, 1.82) is 0 Å². The number of carbonyl (C=O) groups excluding carboxylic acids is 1. The molecule has 0 aliphatic carbocycles. The molecule has 0 atom stereocenters. The summed E-state index contributed by atoms with van der Waals surface area (Å²) in [6.07, 6.45) is 0. The van der Waals surface area contributed by atoms with Crippen LogP contribution in [0, 0.1) is 0 Å². The third-order valence-corrected chi connectivity index (χ3v) is 4.27. The number of aliphatic hydroxyl groups excluding tert-OH is 1. The lowest BCUT2D eigenvalue weighted by atomic mass is 10.3. The van der Waals surface area contributed by atoms with Crippen LogP contribution in [0.25, 0.3) is 0 Å². The minimum atomic E-state index is -3.83. The van der Waals surface area contributed by atoms with Crippen LogP contribution in [0.3, 0.4) is 0 Å². The number of carbonyl (C=O) groups is 1. The van der Waals surface area contributed by atoms with E-state index in [0.29, 0.717) is 16.4 Å². The van der Waals surface area contributed by atoms with Gasteiger partial charge in [0.1, 0.15) is 5.76 Å². The summed E-state index contributed by atoms with van der Waals surface area (Å²) < 4.78 is 22.4. The number of nitrogens with two attached hydrogens (primary N) is 1. The van der Waals surface area contributed by atoms with Crippen LogP contribution < -0.4 is 10.5 Å². The number of sulfonamides is 1. The molecule has 0 bridgehead atoms. The van der Waals surface area contributed by atoms with Crippen LogP contribution in [-0.4, -0.2) is 19.4 Å². The predicted molar refractivity (Wildman–Crippen MR) is 97.7 cm³/mol. The maximum atomic E-state index is 12.3. The summed E-state index contributed by atoms with van der Waals surface area (Å²) in [5.41, 5.74) is 0.441. The van der Waals surface area contributed by atoms with Gasteiger partial charge < -0.3 is 10.4 Å². The van der Waals surface area contributed by atoms with Gasteiger partial charge in [-0.05, 0) is 55.5 Å². The first-order valence-corrected chi connectivity index (χ1v) is 9.10. The first kappa shape index (κ1) is 19.6. The Morgan fingerprint density at radius 1 is 1.12 bits per heavy atom. The Kier molecular flexibility index (Phi) is 6.09. The van der Waals surface area contributed by atoms with Gasteiger partial charge in [-0.15, -0.1) is 5.11 Å². The minimum absolute atomic E-state index is 0.0907. The van der Waals surface area contributed by atoms with E-state index >= 15 is 0 Å². The van der Waals surface area contributed by atoms with E-state index in [2.05, 4.69) is 15.5 Å². The third-order valence-electron chi connectivity index (χ3n) is 3.09. The van der Waals surface area contributed by atoms with Gasteiger partial charge in [0.15, 0.2) is 5.70 Å². The number of azo groups is 1. The number of nitrogens with zero attached hydrogens (tertiary/aromatic N) is 2. The third kappa shape index (κ3) is 5.38. The van der Waals surface area contributed by atoms with Crippen molar-refractivity contribution in [3.8, 4) is 0 Å². The van der Waals surface area contributed by atoms with E-state index < -0.39 is 15.9 Å². The molecule has 2 rings (SSSR count). The predicted octanol–water partition coefficient (Wildman–Crippen LogP) is 3.50. The van der Waals surface area contributed by atoms with Crippen LogP contribution in [-0.2, 0) is 14.8 Å². The minimum Gasteiger partial charge on any atom is -0.510 e. The summed E-state index contributed by atoms with van der Waals surface area (Å²) in [4.78, 5) is 12.2. The van der Waals surface area contributed by atoms with E-state index in [9.17, 15) is 18.3 Å². The summed E-state index contributed by atoms with van der Waals surface area (Å²) in [5.74, 6) is -1.05. The second-order valence-corrected chi connectivity index (χ2v) is 7.13. The van der Waals surface area contributed by atoms with Crippen LogP contribution in [0.5, 0.6) is 0 Å². The van der Waals surface area contributed by atoms with Crippen molar-refractivity contribution in [1.82, 2.24) is 0 Å². The number of nitrogens with one attached hydrogen (secondary N) is 1. The van der Waals surface area contributed by atoms with Gasteiger partial charge >= 0.3 is 0 Å². The lowest BCUT2D eigenvalue weighted by Crippen LogP contribution is -2.15. The average molecular weight is 395 g/mol. The number of primary sulfonamides is 1. The fraction of sp³-hybridized carbons (Fsp3) is 0.0625. The Bertz CT molecular complexity index is 964. The first-order valence-electron chi connectivity index (χ1n) is 7.18. The largest absolute Gasteiger partial charge is 0.510 e. The van der Waals surface area contributed by atoms with Gasteiger partial charge in [-0.1, -0.05) is 11.6 Å². The van der Waals surface area contributed by atoms with Gasteiger partial charge in [-0.2, -0.15) is 5.11 Å². The van der Waals surface area contributed by atoms with Crippen molar-refractivity contribution in [3.63, 3.8) is 0 Å². The van der Waals surface area contributed by atoms with Gasteiger partial charge in [0.25, 0.3) is 5.91 Å². The number of aliphatic hydroxyl groups is 1. The summed E-state index contributed by atoms with van der Waals surface area (Å²) >= 11 is 5.77. The second kappa shape index (κ2) is 8.09. The highest BCUT2D eigenvalue weighted by Gasteiger charge is 2.14. The molecular weight excluding hydrogens is 380 g/mol. The molecule has 0 aromatic heterocycles. The fourth-order valence-corrected chi connectivity index (χ4v) is 2.46. The fourth-order valence-electron chi connectivity index (χ4n) is 1.82. The van der Waals surface area contributed by atoms with Crippen molar-refractivity contribution in [2.45, 2.75) is 11.8 Å². The van der Waals surface area contributed by atoms with E-state index in [1.807, 2.05) is 0 Å². The Labute approximate surface area is 155 Å². The molecule has 8 nitrogen and oxygen atoms in total. The molecule has 0 fully saturated rings. The molecule has 10 heteroatoms. The molecule has 0 aliphatic rings. The highest BCUT2D eigenvalue weighted by molar-refractivity contribution is 7.89. The summed E-state index contributed by atoms with van der Waals surface area (Å²) in [5, 5.41) is 25.3. The lowest BCUT2D eigenvalue weighted by molar-refractivity contribution is -0.113. The number of allylic oxidation sites excluding steroid dienone is 1. The van der Waals surface area contributed by atoms with Crippen molar-refractivity contribution in [2.75, 3.05) is 5.32 Å². The number of benzene rings is 2. The molecule has 2 aromatic rings. The molecule has 2 aromatic carbocycles. The number of amides is 1. The Balaban J connectivity index is 2.16. The van der Waals surface area contributed by atoms with E-state index in [1.54, 1.807) is 24.3 Å². The molecule has 0 heterocycles. The molecule has 1 amide bonds. The Hall–Kier alpha value is -2.75. The van der Waals surface area contributed by atoms with Gasteiger partial charge in [0.2, 0.25) is 10.0 Å². The average Bonchev–Trinajstić information content (AvgIpc) is 2.56. The molecule has 0 saturated heterocycles. The highest BCUT2D eigenvalue weighted by Crippen LogP contribution is 2.19. The van der Waals surface area contributed by atoms with Crippen LogP contribution in [0.2, 0.25) is 5.02 Å². The van der Waals surface area contributed by atoms with E-state index in [-0.39, 0.29) is 16.4 Å². The van der Waals surface area contributed by atoms with Crippen molar-refractivity contribution < 1.29 is 18.3 Å². The van der Waals surface area contributed by atoms with Crippen LogP contribution in [0.1, 0.15) is 6.92 Å². The van der Waals surface area contributed by atoms with Gasteiger partial charge in [0, 0.05) is 10.7 Å². The number of halogens is 1. The maximum absolute atomic E-state index is 12.3. The van der Waals surface area contributed by atoms with Crippen LogP contribution in [0.15, 0.2) is 75.1 Å². The van der Waals surface area contributed by atoms with Crippen molar-refractivity contribution >= 4 is 38.9 Å². The highest BCUT2D eigenvalue weighted by atomic mass is 35.5. The standard InChI is InChI=1S/C16H15ClN4O4S/c1-10(22)15(21-20-13-4-2-11(17)3-5-13)16(23)19-12-6-8-14(9-7-12)26(18,24)25/h2-9,22H,1H3,(H,19,23)(H2,18,24,25)/b15-10+,21-20?. The van der Waals surface area contributed by atoms with Crippen molar-refractivity contribution in [2.24, 2.45) is 15.4 Å². The van der Waals surface area contributed by atoms with Crippen molar-refractivity contribution in [3.05, 3.63) is 65.0 Å². The summed E-state index contributed by atoms with van der Waals surface area (Å²) in [6, 6.07) is 11.6. The quantitative estimate of drug-likeness (QED) is 0.406. The second-order valence-electron chi connectivity index (χ2n) is 5.13. The molecular formula is C16H15ClN4O4S. The maximum Gasteiger partial charge on any atom is 0.279 e. The zero-order valence-electron chi connectivity index (χ0n) is 13.5. The van der Waals surface area contributed by atoms with Gasteiger partial charge in [-0.3, -0.25) is 4.79 Å². The van der Waals surface area contributed by atoms with Gasteiger partial charge in [0.05, 0.1) is 10.6 Å². The monoisotopic (exact) mass is 394 g/mol. The van der Waals surface area contributed by atoms with E-state index in [1.165, 1.54) is 31.2 Å².